The Morgan fingerprint density at radius 2 is 1.95 bits per heavy atom. The summed E-state index contributed by atoms with van der Waals surface area (Å²) in [6.07, 6.45) is 1.74. The first-order chi connectivity index (χ1) is 17.7. The second-order valence-corrected chi connectivity index (χ2v) is 12.1. The molecule has 12 heteroatoms. The molecule has 3 aromatic rings. The van der Waals surface area contributed by atoms with Crippen LogP contribution >= 0.6 is 67.9 Å². The number of esters is 2. The van der Waals surface area contributed by atoms with Crippen LogP contribution in [0.2, 0.25) is 0 Å². The molecular weight excluding hydrogens is 742 g/mol. The Morgan fingerprint density at radius 3 is 2.62 bits per heavy atom. The summed E-state index contributed by atoms with van der Waals surface area (Å²) in [6.45, 7) is 5.47. The van der Waals surface area contributed by atoms with Gasteiger partial charge in [0.05, 0.1) is 32.6 Å². The number of thiazole rings is 1. The van der Waals surface area contributed by atoms with E-state index in [9.17, 15) is 14.4 Å². The molecule has 0 amide bonds. The number of ether oxygens (including phenoxy) is 3. The molecule has 0 radical (unpaired) electrons. The van der Waals surface area contributed by atoms with Crippen LogP contribution in [0.3, 0.4) is 0 Å². The number of hydrogen-bond donors (Lipinski definition) is 0. The van der Waals surface area contributed by atoms with Crippen LogP contribution < -0.4 is 19.6 Å². The molecule has 0 N–H and O–H groups in total. The maximum atomic E-state index is 13.8. The van der Waals surface area contributed by atoms with Gasteiger partial charge in [0.1, 0.15) is 11.8 Å². The van der Waals surface area contributed by atoms with Gasteiger partial charge in [0.2, 0.25) is 0 Å². The number of carbonyl (C=O) groups is 2. The van der Waals surface area contributed by atoms with E-state index in [2.05, 4.69) is 50.2 Å². The van der Waals surface area contributed by atoms with Gasteiger partial charge in [-0.2, -0.15) is 0 Å². The van der Waals surface area contributed by atoms with Crippen molar-refractivity contribution in [2.24, 2.45) is 4.99 Å². The Balaban J connectivity index is 1.87. The van der Waals surface area contributed by atoms with Crippen molar-refractivity contribution in [3.63, 3.8) is 0 Å². The highest BCUT2D eigenvalue weighted by Gasteiger charge is 2.34. The molecule has 0 spiro atoms. The van der Waals surface area contributed by atoms with Gasteiger partial charge in [-0.15, -0.1) is 11.3 Å². The molecule has 3 heterocycles. The fourth-order valence-electron chi connectivity index (χ4n) is 3.82. The molecular formula is C25H22I2N2O6S2. The summed E-state index contributed by atoms with van der Waals surface area (Å²) >= 11 is 7.03. The molecule has 0 saturated carbocycles. The molecule has 2 aromatic heterocycles. The van der Waals surface area contributed by atoms with Crippen molar-refractivity contribution in [3.05, 3.63) is 78.2 Å². The Kier molecular flexibility index (Phi) is 9.24. The minimum absolute atomic E-state index is 0.219. The van der Waals surface area contributed by atoms with Crippen LogP contribution in [0.25, 0.3) is 6.08 Å². The van der Waals surface area contributed by atoms with Crippen molar-refractivity contribution in [1.29, 1.82) is 0 Å². The summed E-state index contributed by atoms with van der Waals surface area (Å²) in [5.41, 5.74) is 1.25. The standard InChI is InChI=1S/C25H22I2N2O6S2/c1-4-33-19(30)12-35-22-14(9-15(26)11-16(22)27)10-18-23(31)29-21(17-7-6-8-36-17)20(24(32)34-5-2)13(3)28-25(29)37-18/h6-11,21H,4-5,12H2,1-3H3/b18-10-/t21-/m0/s1. The van der Waals surface area contributed by atoms with Gasteiger partial charge in [-0.05, 0) is 95.6 Å². The fourth-order valence-corrected chi connectivity index (χ4v) is 7.73. The normalized spacial score (nSPS) is 15.3. The second kappa shape index (κ2) is 12.2. The lowest BCUT2D eigenvalue weighted by atomic mass is 10.0. The van der Waals surface area contributed by atoms with Crippen molar-refractivity contribution >= 4 is 85.9 Å². The van der Waals surface area contributed by atoms with Crippen LogP contribution in [0.1, 0.15) is 37.3 Å². The predicted molar refractivity (Wildman–Crippen MR) is 159 cm³/mol. The maximum absolute atomic E-state index is 13.8. The number of rotatable bonds is 8. The monoisotopic (exact) mass is 764 g/mol. The number of nitrogens with zero attached hydrogens (tertiary/aromatic N) is 2. The van der Waals surface area contributed by atoms with E-state index in [4.69, 9.17) is 14.2 Å². The topological polar surface area (TPSA) is 96.2 Å². The van der Waals surface area contributed by atoms with Gasteiger partial charge in [-0.3, -0.25) is 9.36 Å². The van der Waals surface area contributed by atoms with E-state index in [0.717, 1.165) is 12.0 Å². The number of benzene rings is 1. The number of allylic oxidation sites excluding steroid dienone is 1. The summed E-state index contributed by atoms with van der Waals surface area (Å²) in [6, 6.07) is 6.95. The molecule has 4 rings (SSSR count). The lowest BCUT2D eigenvalue weighted by molar-refractivity contribution is -0.145. The number of carbonyl (C=O) groups excluding carboxylic acids is 2. The van der Waals surface area contributed by atoms with Gasteiger partial charge >= 0.3 is 11.9 Å². The van der Waals surface area contributed by atoms with Gasteiger partial charge in [0.15, 0.2) is 11.4 Å². The maximum Gasteiger partial charge on any atom is 0.344 e. The molecule has 0 aliphatic carbocycles. The molecule has 194 valence electrons. The Bertz CT molecular complexity index is 1560. The number of aromatic nitrogens is 1. The average Bonchev–Trinajstić information content (AvgIpc) is 3.46. The molecule has 0 unspecified atom stereocenters. The van der Waals surface area contributed by atoms with Crippen molar-refractivity contribution < 1.29 is 23.8 Å². The summed E-state index contributed by atoms with van der Waals surface area (Å²) in [5.74, 6) is -0.476. The van der Waals surface area contributed by atoms with E-state index < -0.39 is 18.0 Å². The highest BCUT2D eigenvalue weighted by molar-refractivity contribution is 14.1. The summed E-state index contributed by atoms with van der Waals surface area (Å²) in [7, 11) is 0. The number of thiophene rings is 1. The third-order valence-electron chi connectivity index (χ3n) is 5.29. The van der Waals surface area contributed by atoms with Crippen molar-refractivity contribution in [3.8, 4) is 5.75 Å². The second-order valence-electron chi connectivity index (χ2n) is 7.72. The quantitative estimate of drug-likeness (QED) is 0.255. The minimum Gasteiger partial charge on any atom is -0.480 e. The summed E-state index contributed by atoms with van der Waals surface area (Å²) < 4.78 is 19.8. The Hall–Kier alpha value is -2.04. The molecule has 0 fully saturated rings. The molecule has 1 aliphatic rings. The molecule has 0 saturated heterocycles. The molecule has 1 aromatic carbocycles. The molecule has 8 nitrogen and oxygen atoms in total. The van der Waals surface area contributed by atoms with Gasteiger partial charge < -0.3 is 14.2 Å². The van der Waals surface area contributed by atoms with Gasteiger partial charge in [-0.25, -0.2) is 14.6 Å². The summed E-state index contributed by atoms with van der Waals surface area (Å²) in [5, 5.41) is 1.91. The van der Waals surface area contributed by atoms with Crippen LogP contribution in [0.15, 0.2) is 50.7 Å². The van der Waals surface area contributed by atoms with Gasteiger partial charge in [0.25, 0.3) is 5.56 Å². The van der Waals surface area contributed by atoms with Crippen LogP contribution in [-0.2, 0) is 19.1 Å². The highest BCUT2D eigenvalue weighted by Crippen LogP contribution is 2.33. The molecule has 37 heavy (non-hydrogen) atoms. The zero-order chi connectivity index (χ0) is 26.7. The van der Waals surface area contributed by atoms with Crippen LogP contribution in [0.5, 0.6) is 5.75 Å². The first-order valence-electron chi connectivity index (χ1n) is 11.3. The lowest BCUT2D eigenvalue weighted by Crippen LogP contribution is -2.39. The summed E-state index contributed by atoms with van der Waals surface area (Å²) in [4.78, 5) is 44.5. The smallest absolute Gasteiger partial charge is 0.344 e. The number of fused-ring (bicyclic) bond motifs is 1. The third kappa shape index (κ3) is 6.01. The Morgan fingerprint density at radius 1 is 1.19 bits per heavy atom. The van der Waals surface area contributed by atoms with Crippen LogP contribution in [0.4, 0.5) is 0 Å². The van der Waals surface area contributed by atoms with Crippen LogP contribution in [0, 0.1) is 7.14 Å². The van der Waals surface area contributed by atoms with E-state index in [-0.39, 0.29) is 25.4 Å². The zero-order valence-corrected chi connectivity index (χ0v) is 26.0. The zero-order valence-electron chi connectivity index (χ0n) is 20.1. The predicted octanol–water partition coefficient (Wildman–Crippen LogP) is 4.01. The fraction of sp³-hybridized carbons (Fsp3) is 0.280. The van der Waals surface area contributed by atoms with Gasteiger partial charge in [-0.1, -0.05) is 17.4 Å². The van der Waals surface area contributed by atoms with Crippen molar-refractivity contribution in [2.45, 2.75) is 26.8 Å². The molecule has 1 atom stereocenters. The van der Waals surface area contributed by atoms with Gasteiger partial charge in [0, 0.05) is 14.0 Å². The largest absolute Gasteiger partial charge is 0.480 e. The minimum atomic E-state index is -0.631. The average molecular weight is 764 g/mol. The highest BCUT2D eigenvalue weighted by atomic mass is 127. The molecule has 1 aliphatic heterocycles. The molecule has 0 bridgehead atoms. The first-order valence-corrected chi connectivity index (χ1v) is 15.1. The van der Waals surface area contributed by atoms with E-state index in [1.807, 2.05) is 29.6 Å². The third-order valence-corrected chi connectivity index (χ3v) is 8.62. The SMILES string of the molecule is CCOC(=O)COc1c(I)cc(I)cc1/C=c1\sc2n(c1=O)[C@@H](c1cccs1)C(C(=O)OCC)=C(C)N=2. The number of hydrogen-bond acceptors (Lipinski definition) is 9. The Labute approximate surface area is 247 Å². The van der Waals surface area contributed by atoms with Crippen molar-refractivity contribution in [2.75, 3.05) is 19.8 Å². The van der Waals surface area contributed by atoms with E-state index >= 15 is 0 Å². The van der Waals surface area contributed by atoms with Crippen molar-refractivity contribution in [1.82, 2.24) is 4.57 Å². The van der Waals surface area contributed by atoms with E-state index in [1.165, 1.54) is 22.7 Å². The first kappa shape index (κ1) is 28.0. The van der Waals surface area contributed by atoms with E-state index in [0.29, 0.717) is 31.9 Å². The van der Waals surface area contributed by atoms with E-state index in [1.54, 1.807) is 31.4 Å². The van der Waals surface area contributed by atoms with Crippen LogP contribution in [-0.4, -0.2) is 36.3 Å². The lowest BCUT2D eigenvalue weighted by Gasteiger charge is -2.23. The number of halogens is 2.